The van der Waals surface area contributed by atoms with Crippen molar-refractivity contribution in [1.29, 1.82) is 0 Å². The highest BCUT2D eigenvalue weighted by atomic mass is 32.1. The molecule has 2 aliphatic rings. The van der Waals surface area contributed by atoms with E-state index in [9.17, 15) is 9.59 Å². The van der Waals surface area contributed by atoms with E-state index in [0.717, 1.165) is 16.0 Å². The summed E-state index contributed by atoms with van der Waals surface area (Å²) in [5.41, 5.74) is 1.71. The normalized spacial score (nSPS) is 23.5. The molecule has 2 heterocycles. The first-order valence-electron chi connectivity index (χ1n) is 8.61. The second kappa shape index (κ2) is 6.56. The first-order chi connectivity index (χ1) is 13.0. The zero-order valence-corrected chi connectivity index (χ0v) is 16.3. The van der Waals surface area contributed by atoms with E-state index < -0.39 is 11.8 Å². The minimum absolute atomic E-state index is 0.00245. The van der Waals surface area contributed by atoms with Gasteiger partial charge in [0.1, 0.15) is 6.61 Å². The Bertz CT molecular complexity index is 906. The standard InChI is InChI=1S/C20H20O6S/c1-9-5-11-15(10-6-13(23-2)18(25-4)14(7-10)24-3)16-12(8-26-20(16)22)17(21)19(11)27-9/h5-7,12,15-16H,8H2,1-4H3/t12?,15-,16-/m1/s1. The third-order valence-electron chi connectivity index (χ3n) is 5.30. The fourth-order valence-corrected chi connectivity index (χ4v) is 5.19. The topological polar surface area (TPSA) is 71.1 Å². The van der Waals surface area contributed by atoms with Gasteiger partial charge >= 0.3 is 5.97 Å². The van der Waals surface area contributed by atoms with E-state index >= 15 is 0 Å². The Labute approximate surface area is 161 Å². The number of fused-ring (bicyclic) bond motifs is 2. The van der Waals surface area contributed by atoms with Crippen LogP contribution < -0.4 is 14.2 Å². The predicted octanol–water partition coefficient (Wildman–Crippen LogP) is 3.20. The zero-order chi connectivity index (χ0) is 19.3. The van der Waals surface area contributed by atoms with E-state index in [1.165, 1.54) is 11.3 Å². The maximum Gasteiger partial charge on any atom is 0.310 e. The van der Waals surface area contributed by atoms with Gasteiger partial charge in [0.15, 0.2) is 17.3 Å². The summed E-state index contributed by atoms with van der Waals surface area (Å²) in [5, 5.41) is 0. The van der Waals surface area contributed by atoms with E-state index in [0.29, 0.717) is 22.1 Å². The number of carbonyl (C=O) groups excluding carboxylic acids is 2. The number of cyclic esters (lactones) is 1. The number of rotatable bonds is 4. The molecule has 0 N–H and O–H groups in total. The highest BCUT2D eigenvalue weighted by Crippen LogP contribution is 2.51. The summed E-state index contributed by atoms with van der Waals surface area (Å²) in [7, 11) is 4.65. The van der Waals surface area contributed by atoms with Crippen LogP contribution in [-0.4, -0.2) is 39.7 Å². The lowest BCUT2D eigenvalue weighted by atomic mass is 9.69. The molecule has 0 amide bonds. The number of esters is 1. The Hall–Kier alpha value is -2.54. The fraction of sp³-hybridized carbons (Fsp3) is 0.400. The molecule has 142 valence electrons. The molecular weight excluding hydrogens is 368 g/mol. The number of thiophene rings is 1. The molecular formula is C20H20O6S. The third-order valence-corrected chi connectivity index (χ3v) is 6.38. The van der Waals surface area contributed by atoms with E-state index in [-0.39, 0.29) is 24.3 Å². The molecule has 4 rings (SSSR count). The molecule has 1 aromatic carbocycles. The van der Waals surface area contributed by atoms with E-state index in [2.05, 4.69) is 0 Å². The summed E-state index contributed by atoms with van der Waals surface area (Å²) in [5.74, 6) is -0.0993. The molecule has 0 bridgehead atoms. The van der Waals surface area contributed by atoms with Crippen LogP contribution in [0, 0.1) is 18.8 Å². The molecule has 1 aliphatic heterocycles. The van der Waals surface area contributed by atoms with Gasteiger partial charge in [0.2, 0.25) is 5.75 Å². The first-order valence-corrected chi connectivity index (χ1v) is 9.42. The second-order valence-electron chi connectivity index (χ2n) is 6.70. The molecule has 1 fully saturated rings. The average Bonchev–Trinajstić information content (AvgIpc) is 3.24. The second-order valence-corrected chi connectivity index (χ2v) is 7.96. The summed E-state index contributed by atoms with van der Waals surface area (Å²) in [6.07, 6.45) is 0. The number of hydrogen-bond acceptors (Lipinski definition) is 7. The number of ketones is 1. The maximum absolute atomic E-state index is 12.9. The third kappa shape index (κ3) is 2.60. The van der Waals surface area contributed by atoms with Crippen LogP contribution in [0.5, 0.6) is 17.2 Å². The van der Waals surface area contributed by atoms with E-state index in [1.54, 1.807) is 21.3 Å². The van der Waals surface area contributed by atoms with Crippen LogP contribution >= 0.6 is 11.3 Å². The maximum atomic E-state index is 12.9. The molecule has 2 aromatic rings. The van der Waals surface area contributed by atoms with Crippen molar-refractivity contribution >= 4 is 23.1 Å². The number of ether oxygens (including phenoxy) is 4. The van der Waals surface area contributed by atoms with Gasteiger partial charge in [0.05, 0.1) is 38.0 Å². The molecule has 3 atom stereocenters. The Balaban J connectivity index is 1.94. The van der Waals surface area contributed by atoms with Crippen LogP contribution in [0.1, 0.15) is 31.6 Å². The lowest BCUT2D eigenvalue weighted by Crippen LogP contribution is -2.35. The molecule has 0 spiro atoms. The van der Waals surface area contributed by atoms with Gasteiger partial charge in [-0.1, -0.05) is 0 Å². The average molecular weight is 388 g/mol. The van der Waals surface area contributed by atoms with Crippen molar-refractivity contribution < 1.29 is 28.5 Å². The first kappa shape index (κ1) is 17.9. The van der Waals surface area contributed by atoms with E-state index in [4.69, 9.17) is 18.9 Å². The summed E-state index contributed by atoms with van der Waals surface area (Å²) >= 11 is 1.47. The highest BCUT2D eigenvalue weighted by molar-refractivity contribution is 7.14. The van der Waals surface area contributed by atoms with E-state index in [1.807, 2.05) is 25.1 Å². The monoisotopic (exact) mass is 388 g/mol. The summed E-state index contributed by atoms with van der Waals surface area (Å²) in [4.78, 5) is 27.2. The predicted molar refractivity (Wildman–Crippen MR) is 99.3 cm³/mol. The summed E-state index contributed by atoms with van der Waals surface area (Å²) in [6, 6.07) is 5.69. The van der Waals surface area contributed by atoms with Crippen molar-refractivity contribution in [3.8, 4) is 17.2 Å². The molecule has 1 aliphatic carbocycles. The lowest BCUT2D eigenvalue weighted by Gasteiger charge is -2.30. The minimum atomic E-state index is -0.540. The van der Waals surface area contributed by atoms with Gasteiger partial charge in [0.25, 0.3) is 0 Å². The lowest BCUT2D eigenvalue weighted by molar-refractivity contribution is -0.141. The van der Waals surface area contributed by atoms with Crippen LogP contribution in [0.2, 0.25) is 0 Å². The number of methoxy groups -OCH3 is 3. The van der Waals surface area contributed by atoms with Crippen molar-refractivity contribution in [1.82, 2.24) is 0 Å². The number of carbonyl (C=O) groups is 2. The van der Waals surface area contributed by atoms with Crippen molar-refractivity contribution in [2.24, 2.45) is 11.8 Å². The Morgan fingerprint density at radius 2 is 1.70 bits per heavy atom. The zero-order valence-electron chi connectivity index (χ0n) is 15.5. The van der Waals surface area contributed by atoms with Crippen LogP contribution in [-0.2, 0) is 9.53 Å². The van der Waals surface area contributed by atoms with Crippen LogP contribution in [0.3, 0.4) is 0 Å². The van der Waals surface area contributed by atoms with Gasteiger partial charge in [-0.05, 0) is 36.2 Å². The van der Waals surface area contributed by atoms with Crippen molar-refractivity contribution in [2.75, 3.05) is 27.9 Å². The summed E-state index contributed by atoms with van der Waals surface area (Å²) < 4.78 is 21.6. The minimum Gasteiger partial charge on any atom is -0.493 e. The molecule has 27 heavy (non-hydrogen) atoms. The van der Waals surface area contributed by atoms with Crippen LogP contribution in [0.4, 0.5) is 0 Å². The van der Waals surface area contributed by atoms with Crippen molar-refractivity contribution in [2.45, 2.75) is 12.8 Å². The SMILES string of the molecule is COc1cc([C@@H]2c3cc(C)sc3C(=O)C3COC(=O)[C@H]32)cc(OC)c1OC. The smallest absolute Gasteiger partial charge is 0.310 e. The highest BCUT2D eigenvalue weighted by Gasteiger charge is 2.52. The molecule has 7 heteroatoms. The Morgan fingerprint density at radius 1 is 1.04 bits per heavy atom. The van der Waals surface area contributed by atoms with Crippen molar-refractivity contribution in [3.63, 3.8) is 0 Å². The molecule has 1 unspecified atom stereocenters. The van der Waals surface area contributed by atoms with Crippen LogP contribution in [0.15, 0.2) is 18.2 Å². The van der Waals surface area contributed by atoms with Gasteiger partial charge in [-0.15, -0.1) is 11.3 Å². The largest absolute Gasteiger partial charge is 0.493 e. The molecule has 0 saturated carbocycles. The number of benzene rings is 1. The van der Waals surface area contributed by atoms with Gasteiger partial charge in [0, 0.05) is 10.8 Å². The van der Waals surface area contributed by atoms with Crippen molar-refractivity contribution in [3.05, 3.63) is 39.1 Å². The fourth-order valence-electron chi connectivity index (χ4n) is 4.13. The number of hydrogen-bond donors (Lipinski definition) is 0. The molecule has 1 aromatic heterocycles. The van der Waals surface area contributed by atoms with Gasteiger partial charge < -0.3 is 18.9 Å². The van der Waals surface area contributed by atoms with Crippen LogP contribution in [0.25, 0.3) is 0 Å². The molecule has 1 saturated heterocycles. The van der Waals surface area contributed by atoms with Gasteiger partial charge in [-0.3, -0.25) is 9.59 Å². The number of Topliss-reactive ketones (excluding diaryl/α,β-unsaturated/α-hetero) is 1. The van der Waals surface area contributed by atoms with Gasteiger partial charge in [-0.2, -0.15) is 0 Å². The summed E-state index contributed by atoms with van der Waals surface area (Å²) in [6.45, 7) is 2.11. The number of aryl methyl sites for hydroxylation is 1. The Morgan fingerprint density at radius 3 is 2.30 bits per heavy atom. The molecule has 6 nitrogen and oxygen atoms in total. The quantitative estimate of drug-likeness (QED) is 0.749. The molecule has 0 radical (unpaired) electrons. The Kier molecular flexibility index (Phi) is 4.34. The van der Waals surface area contributed by atoms with Gasteiger partial charge in [-0.25, -0.2) is 0 Å².